The highest BCUT2D eigenvalue weighted by Crippen LogP contribution is 2.38. The van der Waals surface area contributed by atoms with Crippen LogP contribution in [0.25, 0.3) is 0 Å². The lowest BCUT2D eigenvalue weighted by Crippen LogP contribution is -2.32. The van der Waals surface area contributed by atoms with Crippen LogP contribution < -0.4 is 0 Å². The summed E-state index contributed by atoms with van der Waals surface area (Å²) in [5, 5.41) is 4.03. The maximum absolute atomic E-state index is 11.7. The molecule has 0 N–H and O–H groups in total. The zero-order valence-corrected chi connectivity index (χ0v) is 11.9. The quantitative estimate of drug-likeness (QED) is 0.819. The Morgan fingerprint density at radius 3 is 2.63 bits per heavy atom. The monoisotopic (exact) mass is 266 g/mol. The van der Waals surface area contributed by atoms with E-state index in [9.17, 15) is 4.79 Å². The van der Waals surface area contributed by atoms with E-state index in [0.717, 1.165) is 25.7 Å². The largest absolute Gasteiger partial charge is 0.370 e. The van der Waals surface area contributed by atoms with E-state index < -0.39 is 5.60 Å². The molecule has 0 amide bonds. The fraction of sp³-hybridized carbons (Fsp3) is 0.786. The first-order chi connectivity index (χ1) is 9.07. The summed E-state index contributed by atoms with van der Waals surface area (Å²) in [4.78, 5) is 16.1. The van der Waals surface area contributed by atoms with Gasteiger partial charge < -0.3 is 9.26 Å². The van der Waals surface area contributed by atoms with Gasteiger partial charge in [-0.25, -0.2) is 0 Å². The van der Waals surface area contributed by atoms with E-state index in [1.165, 1.54) is 6.42 Å². The number of nitrogens with zero attached hydrogens (tertiary/aromatic N) is 2. The van der Waals surface area contributed by atoms with Crippen molar-refractivity contribution in [1.29, 1.82) is 0 Å². The van der Waals surface area contributed by atoms with Crippen molar-refractivity contribution < 1.29 is 14.1 Å². The van der Waals surface area contributed by atoms with Crippen molar-refractivity contribution in [2.75, 3.05) is 7.11 Å². The maximum atomic E-state index is 11.7. The van der Waals surface area contributed by atoms with Gasteiger partial charge in [0, 0.05) is 13.0 Å². The summed E-state index contributed by atoms with van der Waals surface area (Å²) in [6.07, 6.45) is 5.50. The van der Waals surface area contributed by atoms with Crippen molar-refractivity contribution in [2.24, 2.45) is 5.92 Å². The predicted molar refractivity (Wildman–Crippen MR) is 69.6 cm³/mol. The summed E-state index contributed by atoms with van der Waals surface area (Å²) in [6.45, 7) is 3.74. The van der Waals surface area contributed by atoms with Crippen molar-refractivity contribution in [2.45, 2.75) is 58.0 Å². The molecule has 0 atom stereocenters. The van der Waals surface area contributed by atoms with E-state index in [0.29, 0.717) is 11.7 Å². The predicted octanol–water partition coefficient (Wildman–Crippen LogP) is 2.64. The van der Waals surface area contributed by atoms with E-state index in [2.05, 4.69) is 10.1 Å². The van der Waals surface area contributed by atoms with Gasteiger partial charge in [0.25, 0.3) is 0 Å². The van der Waals surface area contributed by atoms with Crippen LogP contribution in [0, 0.1) is 5.92 Å². The normalized spacial score (nSPS) is 18.7. The second kappa shape index (κ2) is 5.82. The Hall–Kier alpha value is -1.23. The van der Waals surface area contributed by atoms with Crippen molar-refractivity contribution in [3.8, 4) is 0 Å². The lowest BCUT2D eigenvalue weighted by atomic mass is 9.84. The van der Waals surface area contributed by atoms with Crippen LogP contribution in [-0.2, 0) is 21.6 Å². The standard InChI is InChI=1S/C14H22N2O3/c1-10(2)11(17)9-12-15-13(16-19-12)14(18-3)7-5-4-6-8-14/h10H,4-9H2,1-3H3. The van der Waals surface area contributed by atoms with Gasteiger partial charge in [0.1, 0.15) is 11.4 Å². The van der Waals surface area contributed by atoms with Gasteiger partial charge in [0.15, 0.2) is 0 Å². The molecule has 1 aromatic rings. The van der Waals surface area contributed by atoms with E-state index in [1.807, 2.05) is 13.8 Å². The average Bonchev–Trinajstić information content (AvgIpc) is 2.88. The van der Waals surface area contributed by atoms with Crippen LogP contribution in [-0.4, -0.2) is 23.0 Å². The number of aromatic nitrogens is 2. The molecule has 0 bridgehead atoms. The zero-order valence-electron chi connectivity index (χ0n) is 11.9. The van der Waals surface area contributed by atoms with Gasteiger partial charge in [-0.1, -0.05) is 38.3 Å². The van der Waals surface area contributed by atoms with Crippen LogP contribution in [0.4, 0.5) is 0 Å². The van der Waals surface area contributed by atoms with Crippen LogP contribution >= 0.6 is 0 Å². The summed E-state index contributed by atoms with van der Waals surface area (Å²) in [7, 11) is 1.70. The Balaban J connectivity index is 2.13. The molecular weight excluding hydrogens is 244 g/mol. The molecule has 1 fully saturated rings. The minimum atomic E-state index is -0.416. The summed E-state index contributed by atoms with van der Waals surface area (Å²) in [5.74, 6) is 1.10. The number of ketones is 1. The number of ether oxygens (including phenoxy) is 1. The highest BCUT2D eigenvalue weighted by molar-refractivity contribution is 5.81. The van der Waals surface area contributed by atoms with E-state index in [4.69, 9.17) is 9.26 Å². The third-order valence-corrected chi connectivity index (χ3v) is 3.90. The van der Waals surface area contributed by atoms with Gasteiger partial charge in [-0.15, -0.1) is 0 Å². The smallest absolute Gasteiger partial charge is 0.234 e. The van der Waals surface area contributed by atoms with Crippen LogP contribution in [0.15, 0.2) is 4.52 Å². The van der Waals surface area contributed by atoms with Crippen LogP contribution in [0.3, 0.4) is 0 Å². The molecule has 0 spiro atoms. The molecule has 0 aromatic carbocycles. The maximum Gasteiger partial charge on any atom is 0.234 e. The number of methoxy groups -OCH3 is 1. The zero-order chi connectivity index (χ0) is 13.9. The fourth-order valence-electron chi connectivity index (χ4n) is 2.51. The van der Waals surface area contributed by atoms with E-state index in [-0.39, 0.29) is 18.1 Å². The van der Waals surface area contributed by atoms with Crippen molar-refractivity contribution in [3.05, 3.63) is 11.7 Å². The molecule has 1 heterocycles. The van der Waals surface area contributed by atoms with Crippen LogP contribution in [0.1, 0.15) is 57.7 Å². The molecule has 0 radical (unpaired) electrons. The van der Waals surface area contributed by atoms with Crippen molar-refractivity contribution in [1.82, 2.24) is 10.1 Å². The lowest BCUT2D eigenvalue weighted by molar-refractivity contribution is -0.121. The van der Waals surface area contributed by atoms with Crippen molar-refractivity contribution >= 4 is 5.78 Å². The molecule has 5 heteroatoms. The second-order valence-corrected chi connectivity index (χ2v) is 5.57. The first kappa shape index (κ1) is 14.2. The van der Waals surface area contributed by atoms with Gasteiger partial charge >= 0.3 is 0 Å². The van der Waals surface area contributed by atoms with E-state index in [1.54, 1.807) is 7.11 Å². The average molecular weight is 266 g/mol. The first-order valence-corrected chi connectivity index (χ1v) is 6.98. The second-order valence-electron chi connectivity index (χ2n) is 5.57. The van der Waals surface area contributed by atoms with E-state index >= 15 is 0 Å². The highest BCUT2D eigenvalue weighted by atomic mass is 16.5. The van der Waals surface area contributed by atoms with Gasteiger partial charge in [-0.05, 0) is 12.8 Å². The SMILES string of the molecule is COC1(c2noc(CC(=O)C(C)C)n2)CCCCC1. The summed E-state index contributed by atoms with van der Waals surface area (Å²) in [5.41, 5.74) is -0.416. The number of carbonyl (C=O) groups is 1. The topological polar surface area (TPSA) is 65.2 Å². The number of carbonyl (C=O) groups excluding carboxylic acids is 1. The molecule has 106 valence electrons. The van der Waals surface area contributed by atoms with Crippen LogP contribution in [0.5, 0.6) is 0 Å². The first-order valence-electron chi connectivity index (χ1n) is 6.98. The molecule has 1 saturated carbocycles. The lowest BCUT2D eigenvalue weighted by Gasteiger charge is -2.32. The third kappa shape index (κ3) is 3.03. The van der Waals surface area contributed by atoms with Gasteiger partial charge in [0.05, 0.1) is 6.42 Å². The number of rotatable bonds is 5. The van der Waals surface area contributed by atoms with Gasteiger partial charge in [-0.3, -0.25) is 4.79 Å². The summed E-state index contributed by atoms with van der Waals surface area (Å²) in [6, 6.07) is 0. The highest BCUT2D eigenvalue weighted by Gasteiger charge is 2.38. The molecule has 0 unspecified atom stereocenters. The minimum Gasteiger partial charge on any atom is -0.370 e. The summed E-state index contributed by atoms with van der Waals surface area (Å²) >= 11 is 0. The van der Waals surface area contributed by atoms with Gasteiger partial charge in [-0.2, -0.15) is 4.98 Å². The molecule has 1 aromatic heterocycles. The molecular formula is C14H22N2O3. The minimum absolute atomic E-state index is 0.0126. The number of hydrogen-bond donors (Lipinski definition) is 0. The number of Topliss-reactive ketones (excluding diaryl/α,β-unsaturated/α-hetero) is 1. The molecule has 1 aliphatic rings. The number of hydrogen-bond acceptors (Lipinski definition) is 5. The van der Waals surface area contributed by atoms with Crippen molar-refractivity contribution in [3.63, 3.8) is 0 Å². The Morgan fingerprint density at radius 2 is 2.05 bits per heavy atom. The van der Waals surface area contributed by atoms with Gasteiger partial charge in [0.2, 0.25) is 11.7 Å². The Morgan fingerprint density at radius 1 is 1.37 bits per heavy atom. The summed E-state index contributed by atoms with van der Waals surface area (Å²) < 4.78 is 10.9. The molecule has 1 aliphatic carbocycles. The van der Waals surface area contributed by atoms with Crippen LogP contribution in [0.2, 0.25) is 0 Å². The molecule has 0 saturated heterocycles. The third-order valence-electron chi connectivity index (χ3n) is 3.90. The Kier molecular flexibility index (Phi) is 4.34. The molecule has 2 rings (SSSR count). The Labute approximate surface area is 113 Å². The molecule has 19 heavy (non-hydrogen) atoms. The fourth-order valence-corrected chi connectivity index (χ4v) is 2.51. The molecule has 0 aliphatic heterocycles. The molecule has 5 nitrogen and oxygen atoms in total. The Bertz CT molecular complexity index is 434.